The Balaban J connectivity index is 1.43. The molecule has 0 saturated carbocycles. The molecule has 7 rings (SSSR count). The third-order valence-electron chi connectivity index (χ3n) is 9.60. The number of fused-ring (bicyclic) bond motifs is 2. The zero-order valence-electron chi connectivity index (χ0n) is 28.1. The minimum Gasteiger partial charge on any atom is -0.492 e. The van der Waals surface area contributed by atoms with Gasteiger partial charge in [0.25, 0.3) is 0 Å². The van der Waals surface area contributed by atoms with Gasteiger partial charge in [-0.2, -0.15) is 18.3 Å². The zero-order chi connectivity index (χ0) is 35.3. The number of ether oxygens (including phenoxy) is 3. The second kappa shape index (κ2) is 13.0. The average Bonchev–Trinajstić information content (AvgIpc) is 3.70. The van der Waals surface area contributed by atoms with E-state index in [0.717, 1.165) is 53.3 Å². The number of nitrogens with zero attached hydrogens (tertiary/aromatic N) is 6. The number of hydrogen-bond acceptors (Lipinski definition) is 8. The van der Waals surface area contributed by atoms with Crippen LogP contribution >= 0.6 is 0 Å². The molecule has 1 fully saturated rings. The molecule has 2 aliphatic rings. The highest BCUT2D eigenvalue weighted by Gasteiger charge is 2.35. The van der Waals surface area contributed by atoms with Gasteiger partial charge in [0.2, 0.25) is 5.95 Å². The number of hydrogen-bond donors (Lipinski definition) is 0. The zero-order valence-corrected chi connectivity index (χ0v) is 28.1. The Morgan fingerprint density at radius 3 is 2.46 bits per heavy atom. The molecule has 3 aromatic heterocycles. The number of methoxy groups -OCH3 is 1. The topological polar surface area (TPSA) is 96.5 Å². The molecule has 2 aromatic carbocycles. The van der Waals surface area contributed by atoms with Crippen molar-refractivity contribution < 1.29 is 36.6 Å². The maximum absolute atomic E-state index is 16.3. The highest BCUT2D eigenvalue weighted by molar-refractivity contribution is 5.99. The Morgan fingerprint density at radius 1 is 1.08 bits per heavy atom. The average molecular weight is 693 g/mol. The normalized spacial score (nSPS) is 17.8. The quantitative estimate of drug-likeness (QED) is 0.123. The molecule has 0 amide bonds. The molecule has 2 atom stereocenters. The lowest BCUT2D eigenvalue weighted by Crippen LogP contribution is -2.37. The summed E-state index contributed by atoms with van der Waals surface area (Å²) < 4.78 is 76.1. The lowest BCUT2D eigenvalue weighted by atomic mass is 9.97. The second-order valence-electron chi connectivity index (χ2n) is 12.6. The molecule has 0 bridgehead atoms. The summed E-state index contributed by atoms with van der Waals surface area (Å²) in [4.78, 5) is 21.9. The predicted octanol–water partition coefficient (Wildman–Crippen LogP) is 7.31. The van der Waals surface area contributed by atoms with Crippen LogP contribution in [0.2, 0.25) is 0 Å². The van der Waals surface area contributed by atoms with E-state index in [1.165, 1.54) is 13.2 Å². The maximum atomic E-state index is 16.3. The van der Waals surface area contributed by atoms with Crippen LogP contribution < -0.4 is 9.64 Å². The molecule has 0 radical (unpaired) electrons. The third-order valence-corrected chi connectivity index (χ3v) is 9.60. The molecule has 0 N–H and O–H groups in total. The first-order valence-electron chi connectivity index (χ1n) is 16.6. The minimum absolute atomic E-state index is 0.0442. The van der Waals surface area contributed by atoms with Crippen LogP contribution in [0.5, 0.6) is 5.75 Å². The Bertz CT molecular complexity index is 2050. The largest absolute Gasteiger partial charge is 0.508 e. The van der Waals surface area contributed by atoms with Crippen molar-refractivity contribution in [2.45, 2.75) is 65.4 Å². The van der Waals surface area contributed by atoms with Gasteiger partial charge in [-0.05, 0) is 36.1 Å². The van der Waals surface area contributed by atoms with Gasteiger partial charge in [0.05, 0.1) is 41.8 Å². The van der Waals surface area contributed by atoms with Gasteiger partial charge in [-0.3, -0.25) is 0 Å². The molecule has 262 valence electrons. The minimum atomic E-state index is -4.56. The highest BCUT2D eigenvalue weighted by atomic mass is 19.4. The Hall–Kier alpha value is -5.14. The van der Waals surface area contributed by atoms with Gasteiger partial charge in [-0.15, -0.1) is 0 Å². The van der Waals surface area contributed by atoms with E-state index in [4.69, 9.17) is 19.3 Å². The smallest absolute Gasteiger partial charge is 0.492 e. The molecule has 5 aromatic rings. The molecule has 2 unspecified atom stereocenters. The maximum Gasteiger partial charge on any atom is 0.508 e. The molecule has 0 aliphatic carbocycles. The lowest BCUT2D eigenvalue weighted by molar-refractivity contribution is -0.138. The van der Waals surface area contributed by atoms with E-state index < -0.39 is 29.8 Å². The van der Waals surface area contributed by atoms with E-state index in [1.807, 2.05) is 39.4 Å². The summed E-state index contributed by atoms with van der Waals surface area (Å²) in [6.07, 6.45) is -0.513. The first kappa shape index (κ1) is 33.4. The van der Waals surface area contributed by atoms with E-state index in [9.17, 15) is 18.0 Å². The summed E-state index contributed by atoms with van der Waals surface area (Å²) in [7, 11) is 1.41. The van der Waals surface area contributed by atoms with Gasteiger partial charge in [-0.1, -0.05) is 39.0 Å². The van der Waals surface area contributed by atoms with Crippen molar-refractivity contribution in [2.75, 3.05) is 25.2 Å². The van der Waals surface area contributed by atoms with E-state index in [2.05, 4.69) is 35.9 Å². The number of aromatic nitrogens is 5. The van der Waals surface area contributed by atoms with Gasteiger partial charge in [0, 0.05) is 60.5 Å². The number of benzene rings is 2. The van der Waals surface area contributed by atoms with E-state index >= 15 is 4.39 Å². The number of halogens is 4. The van der Waals surface area contributed by atoms with Crippen LogP contribution in [0.1, 0.15) is 48.7 Å². The van der Waals surface area contributed by atoms with Crippen molar-refractivity contribution in [3.8, 4) is 22.7 Å². The summed E-state index contributed by atoms with van der Waals surface area (Å²) in [6.45, 7) is 7.17. The number of anilines is 1. The molecule has 50 heavy (non-hydrogen) atoms. The number of cyclic esters (lactones) is 2. The van der Waals surface area contributed by atoms with Crippen molar-refractivity contribution >= 4 is 23.0 Å². The fourth-order valence-corrected chi connectivity index (χ4v) is 6.96. The van der Waals surface area contributed by atoms with Crippen LogP contribution in [0.3, 0.4) is 0 Å². The van der Waals surface area contributed by atoms with Crippen LogP contribution in [-0.4, -0.2) is 56.8 Å². The molecule has 5 heterocycles. The van der Waals surface area contributed by atoms with E-state index in [0.29, 0.717) is 35.1 Å². The predicted molar refractivity (Wildman–Crippen MR) is 177 cm³/mol. The summed E-state index contributed by atoms with van der Waals surface area (Å²) in [5, 5.41) is 5.84. The summed E-state index contributed by atoms with van der Waals surface area (Å²) in [5.41, 5.74) is 5.39. The van der Waals surface area contributed by atoms with Crippen LogP contribution in [0.4, 0.5) is 28.3 Å². The summed E-state index contributed by atoms with van der Waals surface area (Å²) in [5.74, 6) is -0.494. The first-order valence-corrected chi connectivity index (χ1v) is 16.6. The number of rotatable bonds is 8. The van der Waals surface area contributed by atoms with Crippen molar-refractivity contribution in [2.24, 2.45) is 5.92 Å². The standard InChI is InChI=1S/C36H36F4N6O4/c1-5-21-8-7-9-22(6-2)30(21)46-31(26-17-45(13-11-28(26)43-46)34-41-15-23(16-42-34)36(38,39)40)25-14-27(37)33(48-4)32-24(25)10-12-44(32)18-29-20(3)19-49-35(47)50-29/h7-10,12,14-16,20,29H,5-6,11,13,17-19H2,1-4H3. The second-order valence-corrected chi connectivity index (χ2v) is 12.6. The highest BCUT2D eigenvalue weighted by Crippen LogP contribution is 2.43. The molecule has 0 spiro atoms. The molecule has 1 saturated heterocycles. The summed E-state index contributed by atoms with van der Waals surface area (Å²) >= 11 is 0. The SMILES string of the molecule is CCc1cccc(CC)c1-n1nc2c(c1-c1cc(F)c(OC)c3c1ccn3CC1OC(=O)OCC1C)CN(c1ncc(C(F)(F)F)cn1)CC2. The number of aryl methyl sites for hydroxylation is 2. The monoisotopic (exact) mass is 692 g/mol. The molecular weight excluding hydrogens is 656 g/mol. The van der Waals surface area contributed by atoms with Crippen LogP contribution in [-0.2, 0) is 48.0 Å². The molecule has 10 nitrogen and oxygen atoms in total. The van der Waals surface area contributed by atoms with Crippen molar-refractivity contribution in [3.05, 3.63) is 82.7 Å². The van der Waals surface area contributed by atoms with Crippen LogP contribution in [0, 0.1) is 11.7 Å². The van der Waals surface area contributed by atoms with Gasteiger partial charge < -0.3 is 23.7 Å². The third kappa shape index (κ3) is 5.79. The van der Waals surface area contributed by atoms with Gasteiger partial charge in [0.15, 0.2) is 11.6 Å². The van der Waals surface area contributed by atoms with Crippen LogP contribution in [0.25, 0.3) is 27.8 Å². The Kier molecular flexibility index (Phi) is 8.64. The Labute approximate surface area is 285 Å². The number of carbonyl (C=O) groups excluding carboxylic acids is 1. The number of carbonyl (C=O) groups is 1. The van der Waals surface area contributed by atoms with Gasteiger partial charge in [-0.25, -0.2) is 23.8 Å². The fraction of sp³-hybridized carbons (Fsp3) is 0.389. The number of para-hydroxylation sites is 1. The van der Waals surface area contributed by atoms with Crippen molar-refractivity contribution in [1.82, 2.24) is 24.3 Å². The molecule has 2 aliphatic heterocycles. The van der Waals surface area contributed by atoms with Crippen molar-refractivity contribution in [1.29, 1.82) is 0 Å². The van der Waals surface area contributed by atoms with E-state index in [1.54, 1.807) is 0 Å². The Morgan fingerprint density at radius 2 is 1.80 bits per heavy atom. The molecular formula is C36H36F4N6O4. The lowest BCUT2D eigenvalue weighted by Gasteiger charge is -2.29. The van der Waals surface area contributed by atoms with Crippen molar-refractivity contribution in [3.63, 3.8) is 0 Å². The fourth-order valence-electron chi connectivity index (χ4n) is 6.96. The van der Waals surface area contributed by atoms with Gasteiger partial charge >= 0.3 is 12.3 Å². The van der Waals surface area contributed by atoms with Crippen LogP contribution in [0.15, 0.2) is 48.9 Å². The van der Waals surface area contributed by atoms with E-state index in [-0.39, 0.29) is 37.3 Å². The molecule has 14 heteroatoms. The number of alkyl halides is 3. The van der Waals surface area contributed by atoms with Gasteiger partial charge in [0.1, 0.15) is 12.7 Å². The summed E-state index contributed by atoms with van der Waals surface area (Å²) in [6, 6.07) is 9.46. The first-order chi connectivity index (χ1) is 24.0.